The van der Waals surface area contributed by atoms with E-state index in [1.165, 1.54) is 178 Å². The highest BCUT2D eigenvalue weighted by molar-refractivity contribution is 7.85. The standard InChI is InChI=1S/C40H68O3S/c1-3-5-7-9-11-13-15-17-19-21-23-25-27-29-36-31-32-37-33-34-38(44(41,42)43)35-40(37)39(36)30-28-26-24-22-20-18-16-14-12-10-8-6-4-2/h31-35H,3-30H2,1-2H3,(H,41,42,43). The van der Waals surface area contributed by atoms with Crippen LogP contribution >= 0.6 is 0 Å². The monoisotopic (exact) mass is 628 g/mol. The van der Waals surface area contributed by atoms with Gasteiger partial charge in [-0.15, -0.1) is 0 Å². The predicted molar refractivity (Wildman–Crippen MR) is 193 cm³/mol. The molecule has 2 aromatic carbocycles. The molecule has 44 heavy (non-hydrogen) atoms. The predicted octanol–water partition coefficient (Wildman–Crippen LogP) is 13.4. The van der Waals surface area contributed by atoms with Crippen LogP contribution in [0.25, 0.3) is 10.8 Å². The lowest BCUT2D eigenvalue weighted by atomic mass is 9.91. The molecule has 0 saturated carbocycles. The van der Waals surface area contributed by atoms with Crippen LogP contribution in [0.4, 0.5) is 0 Å². The van der Waals surface area contributed by atoms with Crippen LogP contribution in [0.15, 0.2) is 35.2 Å². The van der Waals surface area contributed by atoms with Crippen molar-refractivity contribution in [3.05, 3.63) is 41.5 Å². The van der Waals surface area contributed by atoms with Crippen molar-refractivity contribution in [2.75, 3.05) is 0 Å². The summed E-state index contributed by atoms with van der Waals surface area (Å²) in [5, 5.41) is 2.07. The van der Waals surface area contributed by atoms with Crippen molar-refractivity contribution in [3.8, 4) is 0 Å². The van der Waals surface area contributed by atoms with Gasteiger partial charge >= 0.3 is 0 Å². The molecule has 2 rings (SSSR count). The number of fused-ring (bicyclic) bond motifs is 1. The van der Waals surface area contributed by atoms with E-state index in [0.29, 0.717) is 0 Å². The van der Waals surface area contributed by atoms with Crippen LogP contribution in [0.1, 0.15) is 192 Å². The number of rotatable bonds is 29. The summed E-state index contributed by atoms with van der Waals surface area (Å²) in [5.41, 5.74) is 2.67. The van der Waals surface area contributed by atoms with Crippen molar-refractivity contribution in [2.45, 2.75) is 199 Å². The fraction of sp³-hybridized carbons (Fsp3) is 0.750. The van der Waals surface area contributed by atoms with Gasteiger partial charge in [-0.25, -0.2) is 0 Å². The van der Waals surface area contributed by atoms with E-state index in [2.05, 4.69) is 26.0 Å². The van der Waals surface area contributed by atoms with Gasteiger partial charge in [0.1, 0.15) is 0 Å². The molecular formula is C40H68O3S. The third-order valence-corrected chi connectivity index (χ3v) is 10.4. The molecule has 0 aliphatic rings. The van der Waals surface area contributed by atoms with E-state index in [9.17, 15) is 13.0 Å². The maximum absolute atomic E-state index is 11.9. The second kappa shape index (κ2) is 24.8. The van der Waals surface area contributed by atoms with Gasteiger partial charge in [-0.3, -0.25) is 4.55 Å². The number of hydrogen-bond acceptors (Lipinski definition) is 2. The van der Waals surface area contributed by atoms with E-state index in [-0.39, 0.29) is 4.90 Å². The minimum absolute atomic E-state index is 0.00900. The van der Waals surface area contributed by atoms with Gasteiger partial charge in [0.2, 0.25) is 0 Å². The van der Waals surface area contributed by atoms with Crippen LogP contribution in [0.5, 0.6) is 0 Å². The molecule has 0 heterocycles. The number of benzene rings is 2. The van der Waals surface area contributed by atoms with E-state index >= 15 is 0 Å². The summed E-state index contributed by atoms with van der Waals surface area (Å²) in [5.74, 6) is 0. The molecule has 0 aliphatic heterocycles. The first-order chi connectivity index (χ1) is 21.5. The maximum atomic E-state index is 11.9. The summed E-state index contributed by atoms with van der Waals surface area (Å²) in [6.45, 7) is 4.56. The molecule has 3 nitrogen and oxygen atoms in total. The quantitative estimate of drug-likeness (QED) is 0.0720. The van der Waals surface area contributed by atoms with Crippen LogP contribution in [0.2, 0.25) is 0 Å². The van der Waals surface area contributed by atoms with E-state index in [1.807, 2.05) is 6.07 Å². The first-order valence-electron chi connectivity index (χ1n) is 19.0. The summed E-state index contributed by atoms with van der Waals surface area (Å²) in [6, 6.07) is 9.48. The fourth-order valence-electron chi connectivity index (χ4n) is 6.75. The first kappa shape index (κ1) is 38.8. The lowest BCUT2D eigenvalue weighted by Crippen LogP contribution is -2.01. The molecule has 0 amide bonds. The maximum Gasteiger partial charge on any atom is 0.294 e. The van der Waals surface area contributed by atoms with Crippen LogP contribution in [-0.2, 0) is 23.0 Å². The Bertz CT molecular complexity index is 1090. The topological polar surface area (TPSA) is 54.4 Å². The molecule has 1 N–H and O–H groups in total. The van der Waals surface area contributed by atoms with Crippen LogP contribution in [0, 0.1) is 0 Å². The largest absolute Gasteiger partial charge is 0.294 e. The van der Waals surface area contributed by atoms with Gasteiger partial charge in [0, 0.05) is 0 Å². The van der Waals surface area contributed by atoms with Gasteiger partial charge in [-0.2, -0.15) is 8.42 Å². The van der Waals surface area contributed by atoms with Crippen molar-refractivity contribution in [1.82, 2.24) is 0 Å². The van der Waals surface area contributed by atoms with Crippen molar-refractivity contribution in [1.29, 1.82) is 0 Å². The van der Waals surface area contributed by atoms with E-state index in [1.54, 1.807) is 6.07 Å². The third kappa shape index (κ3) is 17.3. The molecule has 0 unspecified atom stereocenters. The van der Waals surface area contributed by atoms with Crippen molar-refractivity contribution in [3.63, 3.8) is 0 Å². The molecule has 0 radical (unpaired) electrons. The zero-order chi connectivity index (χ0) is 31.7. The highest BCUT2D eigenvalue weighted by Gasteiger charge is 2.14. The van der Waals surface area contributed by atoms with E-state index in [4.69, 9.17) is 0 Å². The first-order valence-corrected chi connectivity index (χ1v) is 20.4. The smallest absolute Gasteiger partial charge is 0.282 e. The van der Waals surface area contributed by atoms with Crippen molar-refractivity contribution < 1.29 is 13.0 Å². The lowest BCUT2D eigenvalue weighted by Gasteiger charge is -2.14. The van der Waals surface area contributed by atoms with Gasteiger partial charge in [-0.05, 0) is 59.7 Å². The van der Waals surface area contributed by atoms with Gasteiger partial charge in [0.25, 0.3) is 10.1 Å². The molecule has 0 atom stereocenters. The van der Waals surface area contributed by atoms with Crippen LogP contribution < -0.4 is 0 Å². The normalized spacial score (nSPS) is 12.0. The summed E-state index contributed by atoms with van der Waals surface area (Å²) >= 11 is 0. The Balaban J connectivity index is 1.76. The average Bonchev–Trinajstić information content (AvgIpc) is 3.01. The summed E-state index contributed by atoms with van der Waals surface area (Å²) in [4.78, 5) is 0.00900. The molecule has 252 valence electrons. The Morgan fingerprint density at radius 1 is 0.477 bits per heavy atom. The second-order valence-electron chi connectivity index (χ2n) is 13.5. The van der Waals surface area contributed by atoms with Gasteiger partial charge in [0.15, 0.2) is 0 Å². The second-order valence-corrected chi connectivity index (χ2v) is 15.0. The lowest BCUT2D eigenvalue weighted by molar-refractivity contribution is 0.483. The number of hydrogen-bond donors (Lipinski definition) is 1. The molecule has 0 fully saturated rings. The van der Waals surface area contributed by atoms with Gasteiger partial charge in [0.05, 0.1) is 4.90 Å². The Labute approximate surface area is 273 Å². The Hall–Kier alpha value is -1.39. The minimum atomic E-state index is -4.21. The molecule has 0 aliphatic carbocycles. The van der Waals surface area contributed by atoms with Gasteiger partial charge in [-0.1, -0.05) is 186 Å². The summed E-state index contributed by atoms with van der Waals surface area (Å²) < 4.78 is 33.6. The molecule has 0 aromatic heterocycles. The Morgan fingerprint density at radius 2 is 0.841 bits per heavy atom. The van der Waals surface area contributed by atoms with Crippen LogP contribution in [0.3, 0.4) is 0 Å². The number of aryl methyl sites for hydroxylation is 2. The molecule has 2 aromatic rings. The zero-order valence-electron chi connectivity index (χ0n) is 28.9. The highest BCUT2D eigenvalue weighted by atomic mass is 32.2. The Morgan fingerprint density at radius 3 is 1.25 bits per heavy atom. The zero-order valence-corrected chi connectivity index (χ0v) is 29.7. The minimum Gasteiger partial charge on any atom is -0.282 e. The average molecular weight is 629 g/mol. The fourth-order valence-corrected chi connectivity index (χ4v) is 7.26. The highest BCUT2D eigenvalue weighted by Crippen LogP contribution is 2.29. The Kier molecular flexibility index (Phi) is 21.9. The SMILES string of the molecule is CCCCCCCCCCCCCCCc1ccc2ccc(S(=O)(=O)O)cc2c1CCCCCCCCCCCCCCC. The van der Waals surface area contributed by atoms with E-state index in [0.717, 1.165) is 30.0 Å². The molecule has 0 spiro atoms. The van der Waals surface area contributed by atoms with Crippen molar-refractivity contribution in [2.24, 2.45) is 0 Å². The molecule has 0 saturated heterocycles. The number of unbranched alkanes of at least 4 members (excludes halogenated alkanes) is 24. The molecular weight excluding hydrogens is 561 g/mol. The summed E-state index contributed by atoms with van der Waals surface area (Å²) in [7, 11) is -4.21. The third-order valence-electron chi connectivity index (χ3n) is 9.58. The van der Waals surface area contributed by atoms with E-state index < -0.39 is 10.1 Å². The molecule has 4 heteroatoms. The van der Waals surface area contributed by atoms with Gasteiger partial charge < -0.3 is 0 Å². The van der Waals surface area contributed by atoms with Crippen LogP contribution in [-0.4, -0.2) is 13.0 Å². The van der Waals surface area contributed by atoms with Crippen molar-refractivity contribution >= 4 is 20.9 Å². The summed E-state index contributed by atoms with van der Waals surface area (Å²) in [6.07, 6.45) is 37.1. The molecule has 0 bridgehead atoms.